The molecule has 0 aliphatic carbocycles. The van der Waals surface area contributed by atoms with Gasteiger partial charge >= 0.3 is 7.12 Å². The van der Waals surface area contributed by atoms with E-state index in [9.17, 15) is 8.78 Å². The average molecular weight is 270 g/mol. The van der Waals surface area contributed by atoms with Gasteiger partial charge in [-0.2, -0.15) is 0 Å². The molecule has 19 heavy (non-hydrogen) atoms. The van der Waals surface area contributed by atoms with Gasteiger partial charge in [0.1, 0.15) is 5.82 Å². The molecule has 0 aromatic heterocycles. The Kier molecular flexibility index (Phi) is 3.35. The molecule has 1 aliphatic heterocycles. The van der Waals surface area contributed by atoms with Crippen molar-refractivity contribution in [3.05, 3.63) is 23.8 Å². The second-order valence-corrected chi connectivity index (χ2v) is 5.56. The smallest absolute Gasteiger partial charge is 0.494 e. The summed E-state index contributed by atoms with van der Waals surface area (Å²) in [5.41, 5.74) is -1.29. The van der Waals surface area contributed by atoms with E-state index >= 15 is 0 Å². The Balaban J connectivity index is 2.48. The summed E-state index contributed by atoms with van der Waals surface area (Å²) in [6.07, 6.45) is 0. The van der Waals surface area contributed by atoms with E-state index in [0.29, 0.717) is 0 Å². The Morgan fingerprint density at radius 3 is 1.95 bits per heavy atom. The van der Waals surface area contributed by atoms with Crippen molar-refractivity contribution < 1.29 is 22.8 Å². The minimum absolute atomic E-state index is 0.0406. The molecule has 104 valence electrons. The van der Waals surface area contributed by atoms with E-state index in [1.54, 1.807) is 0 Å². The molecule has 1 heterocycles. The SMILES string of the molecule is COc1c(F)ccc(F)c1B1OC(C)(C)C(C)(C)O1. The van der Waals surface area contributed by atoms with Crippen LogP contribution in [-0.4, -0.2) is 25.4 Å². The fourth-order valence-electron chi connectivity index (χ4n) is 1.94. The summed E-state index contributed by atoms with van der Waals surface area (Å²) in [5, 5.41) is 0. The predicted octanol–water partition coefficient (Wildman–Crippen LogP) is 2.27. The van der Waals surface area contributed by atoms with Crippen LogP contribution >= 0.6 is 0 Å². The van der Waals surface area contributed by atoms with Gasteiger partial charge in [0, 0.05) is 0 Å². The molecule has 1 aromatic rings. The summed E-state index contributed by atoms with van der Waals surface area (Å²) >= 11 is 0. The van der Waals surface area contributed by atoms with Gasteiger partial charge in [0.05, 0.1) is 23.8 Å². The van der Waals surface area contributed by atoms with E-state index in [1.807, 2.05) is 27.7 Å². The molecule has 0 spiro atoms. The van der Waals surface area contributed by atoms with Crippen molar-refractivity contribution in [2.24, 2.45) is 0 Å². The van der Waals surface area contributed by atoms with Crippen molar-refractivity contribution in [3.63, 3.8) is 0 Å². The number of benzene rings is 1. The molecule has 0 saturated carbocycles. The van der Waals surface area contributed by atoms with Crippen LogP contribution in [0, 0.1) is 11.6 Å². The normalized spacial score (nSPS) is 20.7. The van der Waals surface area contributed by atoms with Gasteiger partial charge < -0.3 is 14.0 Å². The van der Waals surface area contributed by atoms with Crippen molar-refractivity contribution in [1.82, 2.24) is 0 Å². The molecule has 2 rings (SSSR count). The number of hydrogen-bond acceptors (Lipinski definition) is 3. The zero-order chi connectivity index (χ0) is 14.4. The van der Waals surface area contributed by atoms with Crippen LogP contribution in [0.25, 0.3) is 0 Å². The van der Waals surface area contributed by atoms with Gasteiger partial charge in [-0.3, -0.25) is 0 Å². The Morgan fingerprint density at radius 2 is 1.47 bits per heavy atom. The third-order valence-corrected chi connectivity index (χ3v) is 3.79. The molecule has 1 aromatic carbocycles. The zero-order valence-corrected chi connectivity index (χ0v) is 11.7. The highest BCUT2D eigenvalue weighted by atomic mass is 19.1. The number of halogens is 2. The molecular weight excluding hydrogens is 253 g/mol. The summed E-state index contributed by atoms with van der Waals surface area (Å²) in [6, 6.07) is 2.06. The molecule has 0 bridgehead atoms. The maximum Gasteiger partial charge on any atom is 0.501 e. The minimum atomic E-state index is -0.990. The third kappa shape index (κ3) is 2.23. The van der Waals surface area contributed by atoms with E-state index in [1.165, 1.54) is 7.11 Å². The Bertz CT molecular complexity index is 487. The van der Waals surface area contributed by atoms with Gasteiger partial charge in [-0.05, 0) is 39.8 Å². The zero-order valence-electron chi connectivity index (χ0n) is 11.7. The van der Waals surface area contributed by atoms with E-state index in [4.69, 9.17) is 14.0 Å². The summed E-state index contributed by atoms with van der Waals surface area (Å²) < 4.78 is 44.0. The lowest BCUT2D eigenvalue weighted by Crippen LogP contribution is -2.41. The molecule has 1 aliphatic rings. The molecule has 1 saturated heterocycles. The van der Waals surface area contributed by atoms with Crippen LogP contribution in [0.4, 0.5) is 8.78 Å². The molecule has 6 heteroatoms. The van der Waals surface area contributed by atoms with Gasteiger partial charge in [0.15, 0.2) is 11.6 Å². The lowest BCUT2D eigenvalue weighted by molar-refractivity contribution is 0.00578. The largest absolute Gasteiger partial charge is 0.501 e. The molecule has 1 fully saturated rings. The summed E-state index contributed by atoms with van der Waals surface area (Å²) in [4.78, 5) is 0. The van der Waals surface area contributed by atoms with E-state index in [-0.39, 0.29) is 11.2 Å². The van der Waals surface area contributed by atoms with E-state index < -0.39 is 30.0 Å². The minimum Gasteiger partial charge on any atom is -0.494 e. The number of ether oxygens (including phenoxy) is 1. The lowest BCUT2D eigenvalue weighted by Gasteiger charge is -2.32. The van der Waals surface area contributed by atoms with Gasteiger partial charge in [-0.1, -0.05) is 0 Å². The van der Waals surface area contributed by atoms with E-state index in [0.717, 1.165) is 12.1 Å². The fraction of sp³-hybridized carbons (Fsp3) is 0.538. The monoisotopic (exact) mass is 270 g/mol. The standard InChI is InChI=1S/C13H17BF2O3/c1-12(2)13(3,4)19-14(18-12)10-8(15)6-7-9(16)11(10)17-5/h6-7H,1-5H3. The molecule has 0 N–H and O–H groups in total. The van der Waals surface area contributed by atoms with Crippen LogP contribution in [0.5, 0.6) is 5.75 Å². The molecular formula is C13H17BF2O3. The number of rotatable bonds is 2. The fourth-order valence-corrected chi connectivity index (χ4v) is 1.94. The Morgan fingerprint density at radius 1 is 1.00 bits per heavy atom. The molecule has 0 unspecified atom stereocenters. The van der Waals surface area contributed by atoms with Crippen LogP contribution in [0.15, 0.2) is 12.1 Å². The lowest BCUT2D eigenvalue weighted by atomic mass is 9.77. The van der Waals surface area contributed by atoms with Gasteiger partial charge in [-0.25, -0.2) is 8.78 Å². The van der Waals surface area contributed by atoms with Crippen LogP contribution in [0.2, 0.25) is 0 Å². The molecule has 0 amide bonds. The van der Waals surface area contributed by atoms with Gasteiger partial charge in [0.2, 0.25) is 0 Å². The first-order chi connectivity index (χ1) is 8.69. The number of methoxy groups -OCH3 is 1. The third-order valence-electron chi connectivity index (χ3n) is 3.79. The highest BCUT2D eigenvalue weighted by Crippen LogP contribution is 2.37. The van der Waals surface area contributed by atoms with Crippen LogP contribution in [-0.2, 0) is 9.31 Å². The van der Waals surface area contributed by atoms with Gasteiger partial charge in [-0.15, -0.1) is 0 Å². The second kappa shape index (κ2) is 4.46. The molecule has 3 nitrogen and oxygen atoms in total. The molecule has 0 radical (unpaired) electrons. The van der Waals surface area contributed by atoms with Crippen molar-refractivity contribution >= 4 is 12.6 Å². The quantitative estimate of drug-likeness (QED) is 0.771. The van der Waals surface area contributed by atoms with Crippen LogP contribution in [0.1, 0.15) is 27.7 Å². The summed E-state index contributed by atoms with van der Waals surface area (Å²) in [7, 11) is 0.294. The van der Waals surface area contributed by atoms with E-state index in [2.05, 4.69) is 0 Å². The van der Waals surface area contributed by atoms with Crippen LogP contribution < -0.4 is 10.2 Å². The number of hydrogen-bond donors (Lipinski definition) is 0. The van der Waals surface area contributed by atoms with Gasteiger partial charge in [0.25, 0.3) is 0 Å². The first kappa shape index (κ1) is 14.3. The van der Waals surface area contributed by atoms with Crippen molar-refractivity contribution in [3.8, 4) is 5.75 Å². The maximum absolute atomic E-state index is 14.0. The predicted molar refractivity (Wildman–Crippen MR) is 68.6 cm³/mol. The molecule has 0 atom stereocenters. The summed E-state index contributed by atoms with van der Waals surface area (Å²) in [6.45, 7) is 7.38. The highest BCUT2D eigenvalue weighted by Gasteiger charge is 2.53. The Hall–Kier alpha value is -1.14. The maximum atomic E-state index is 14.0. The van der Waals surface area contributed by atoms with Crippen molar-refractivity contribution in [1.29, 1.82) is 0 Å². The highest BCUT2D eigenvalue weighted by molar-refractivity contribution is 6.63. The van der Waals surface area contributed by atoms with Crippen molar-refractivity contribution in [2.75, 3.05) is 7.11 Å². The first-order valence-electron chi connectivity index (χ1n) is 6.07. The topological polar surface area (TPSA) is 27.7 Å². The summed E-state index contributed by atoms with van der Waals surface area (Å²) in [5.74, 6) is -1.44. The average Bonchev–Trinajstić information content (AvgIpc) is 2.50. The first-order valence-corrected chi connectivity index (χ1v) is 6.07. The van der Waals surface area contributed by atoms with Crippen LogP contribution in [0.3, 0.4) is 0 Å². The Labute approximate surface area is 112 Å². The second-order valence-electron chi connectivity index (χ2n) is 5.56. The van der Waals surface area contributed by atoms with Crippen molar-refractivity contribution in [2.45, 2.75) is 38.9 Å².